The van der Waals surface area contributed by atoms with E-state index >= 15 is 0 Å². The first-order chi connectivity index (χ1) is 5.83. The van der Waals surface area contributed by atoms with Gasteiger partial charge in [0.25, 0.3) is 0 Å². The van der Waals surface area contributed by atoms with Crippen LogP contribution in [0.5, 0.6) is 0 Å². The highest BCUT2D eigenvalue weighted by molar-refractivity contribution is 7.33. The zero-order chi connectivity index (χ0) is 8.81. The molecule has 0 saturated carbocycles. The molecule has 0 aliphatic carbocycles. The van der Waals surface area contributed by atoms with Crippen LogP contribution in [0.3, 0.4) is 0 Å². The van der Waals surface area contributed by atoms with E-state index in [0.29, 0.717) is 26.2 Å². The molecule has 5 nitrogen and oxygen atoms in total. The van der Waals surface area contributed by atoms with Crippen molar-refractivity contribution < 1.29 is 23.1 Å². The topological polar surface area (TPSA) is 54.0 Å². The fraction of sp³-hybridized carbons (Fsp3) is 1.00. The van der Waals surface area contributed by atoms with Gasteiger partial charge in [-0.1, -0.05) is 0 Å². The van der Waals surface area contributed by atoms with E-state index in [2.05, 4.69) is 0 Å². The molecule has 71 valence electrons. The van der Waals surface area contributed by atoms with Crippen LogP contribution in [-0.4, -0.2) is 33.2 Å². The minimum atomic E-state index is -1.97. The smallest absolute Gasteiger partial charge is 0.371 e. The Hall–Kier alpha value is -0.0600. The van der Waals surface area contributed by atoms with Crippen LogP contribution in [0, 0.1) is 0 Å². The predicted octanol–water partition coefficient (Wildman–Crippen LogP) is 1.07. The molecule has 0 bridgehead atoms. The number of hydrogen-bond donors (Lipinski definition) is 0. The van der Waals surface area contributed by atoms with Crippen molar-refractivity contribution in [2.75, 3.05) is 26.9 Å². The lowest BCUT2D eigenvalue weighted by Gasteiger charge is -2.20. The minimum absolute atomic E-state index is 0.405. The molecule has 1 saturated heterocycles. The molecular formula is C6H12O5P. The Bertz CT molecular complexity index is 151. The molecular weight excluding hydrogens is 183 g/mol. The molecule has 1 rings (SSSR count). The van der Waals surface area contributed by atoms with Gasteiger partial charge in [0, 0.05) is 13.5 Å². The molecule has 1 aliphatic rings. The van der Waals surface area contributed by atoms with Crippen LogP contribution in [-0.2, 0) is 23.1 Å². The Morgan fingerprint density at radius 3 is 3.08 bits per heavy atom. The van der Waals surface area contributed by atoms with Crippen LogP contribution in [0.15, 0.2) is 0 Å². The van der Waals surface area contributed by atoms with E-state index in [1.807, 2.05) is 0 Å². The molecule has 0 aromatic heterocycles. The third-order valence-corrected chi connectivity index (χ3v) is 2.15. The van der Waals surface area contributed by atoms with E-state index in [1.165, 1.54) is 0 Å². The maximum Gasteiger partial charge on any atom is 0.371 e. The second-order valence-electron chi connectivity index (χ2n) is 2.24. The summed E-state index contributed by atoms with van der Waals surface area (Å²) in [6, 6.07) is 0. The maximum atomic E-state index is 10.7. The second kappa shape index (κ2) is 5.56. The van der Waals surface area contributed by atoms with Crippen molar-refractivity contribution in [2.24, 2.45) is 0 Å². The van der Waals surface area contributed by atoms with Gasteiger partial charge in [-0.15, -0.1) is 0 Å². The molecule has 1 heterocycles. The van der Waals surface area contributed by atoms with Gasteiger partial charge in [-0.25, -0.2) is 4.57 Å². The van der Waals surface area contributed by atoms with E-state index in [-0.39, 0.29) is 0 Å². The van der Waals surface area contributed by atoms with E-state index in [4.69, 9.17) is 18.5 Å². The number of ether oxygens (including phenoxy) is 2. The van der Waals surface area contributed by atoms with Crippen molar-refractivity contribution >= 4 is 8.25 Å². The van der Waals surface area contributed by atoms with E-state index in [9.17, 15) is 4.57 Å². The summed E-state index contributed by atoms with van der Waals surface area (Å²) in [6.45, 7) is 1.38. The first kappa shape index (κ1) is 10.0. The van der Waals surface area contributed by atoms with Crippen molar-refractivity contribution in [3.05, 3.63) is 0 Å². The highest BCUT2D eigenvalue weighted by Gasteiger charge is 2.20. The summed E-state index contributed by atoms with van der Waals surface area (Å²) in [7, 11) is -0.376. The average molecular weight is 195 g/mol. The van der Waals surface area contributed by atoms with Crippen molar-refractivity contribution in [3.8, 4) is 0 Å². The Kier molecular flexibility index (Phi) is 4.65. The fourth-order valence-corrected chi connectivity index (χ4v) is 1.45. The summed E-state index contributed by atoms with van der Waals surface area (Å²) in [4.78, 5) is 0. The van der Waals surface area contributed by atoms with E-state index in [1.54, 1.807) is 7.11 Å². The second-order valence-corrected chi connectivity index (χ2v) is 3.16. The van der Waals surface area contributed by atoms with Gasteiger partial charge in [-0.2, -0.15) is 0 Å². The van der Waals surface area contributed by atoms with Crippen molar-refractivity contribution in [3.63, 3.8) is 0 Å². The van der Waals surface area contributed by atoms with Gasteiger partial charge in [0.05, 0.1) is 19.8 Å². The quantitative estimate of drug-likeness (QED) is 0.496. The number of rotatable bonds is 4. The van der Waals surface area contributed by atoms with Gasteiger partial charge in [-0.05, 0) is 0 Å². The molecule has 0 N–H and O–H groups in total. The van der Waals surface area contributed by atoms with Crippen LogP contribution in [0.1, 0.15) is 6.42 Å². The molecule has 0 aromatic rings. The Labute approximate surface area is 71.9 Å². The van der Waals surface area contributed by atoms with E-state index in [0.717, 1.165) is 0 Å². The third kappa shape index (κ3) is 3.56. The number of methoxy groups -OCH3 is 1. The first-order valence-corrected chi connectivity index (χ1v) is 4.80. The summed E-state index contributed by atoms with van der Waals surface area (Å²) in [5.41, 5.74) is 0. The SMILES string of the molecule is COCCOC1CCO[P](=O)O1. The summed E-state index contributed by atoms with van der Waals surface area (Å²) >= 11 is 0. The molecule has 1 fully saturated rings. The molecule has 0 aromatic carbocycles. The average Bonchev–Trinajstić information content (AvgIpc) is 2.05. The number of hydrogen-bond acceptors (Lipinski definition) is 5. The lowest BCUT2D eigenvalue weighted by molar-refractivity contribution is -0.117. The Balaban J connectivity index is 2.10. The standard InChI is InChI=1S/C6H12O5P/c1-8-4-5-9-6-2-3-10-12(7)11-6/h6H,2-5H2,1H3. The Morgan fingerprint density at radius 2 is 2.42 bits per heavy atom. The third-order valence-electron chi connectivity index (χ3n) is 1.35. The van der Waals surface area contributed by atoms with Crippen molar-refractivity contribution in [2.45, 2.75) is 12.7 Å². The van der Waals surface area contributed by atoms with Crippen LogP contribution in [0.4, 0.5) is 0 Å². The van der Waals surface area contributed by atoms with Crippen molar-refractivity contribution in [1.29, 1.82) is 0 Å². The maximum absolute atomic E-state index is 10.7. The molecule has 12 heavy (non-hydrogen) atoms. The van der Waals surface area contributed by atoms with Crippen LogP contribution in [0.2, 0.25) is 0 Å². The van der Waals surface area contributed by atoms with Gasteiger partial charge < -0.3 is 9.47 Å². The molecule has 6 heteroatoms. The van der Waals surface area contributed by atoms with Gasteiger partial charge >= 0.3 is 8.25 Å². The Morgan fingerprint density at radius 1 is 1.58 bits per heavy atom. The monoisotopic (exact) mass is 195 g/mol. The highest BCUT2D eigenvalue weighted by Crippen LogP contribution is 2.32. The summed E-state index contributed by atoms with van der Waals surface area (Å²) in [5.74, 6) is 0. The van der Waals surface area contributed by atoms with Crippen LogP contribution < -0.4 is 0 Å². The molecule has 0 amide bonds. The largest absolute Gasteiger partial charge is 0.382 e. The lowest BCUT2D eigenvalue weighted by Crippen LogP contribution is -2.22. The highest BCUT2D eigenvalue weighted by atomic mass is 31.1. The zero-order valence-electron chi connectivity index (χ0n) is 6.89. The summed E-state index contributed by atoms with van der Waals surface area (Å²) < 4.78 is 30.2. The zero-order valence-corrected chi connectivity index (χ0v) is 7.79. The summed E-state index contributed by atoms with van der Waals surface area (Å²) in [5, 5.41) is 0. The van der Waals surface area contributed by atoms with E-state index < -0.39 is 14.5 Å². The van der Waals surface area contributed by atoms with Gasteiger partial charge in [0.2, 0.25) is 0 Å². The van der Waals surface area contributed by atoms with Crippen molar-refractivity contribution in [1.82, 2.24) is 0 Å². The normalized spacial score (nSPS) is 27.4. The predicted molar refractivity (Wildman–Crippen MR) is 40.9 cm³/mol. The first-order valence-electron chi connectivity index (χ1n) is 3.70. The van der Waals surface area contributed by atoms with Crippen LogP contribution in [0.25, 0.3) is 0 Å². The minimum Gasteiger partial charge on any atom is -0.382 e. The molecule has 1 radical (unpaired) electrons. The summed E-state index contributed by atoms with van der Waals surface area (Å²) in [6.07, 6.45) is 0.211. The van der Waals surface area contributed by atoms with Gasteiger partial charge in [0.1, 0.15) is 0 Å². The van der Waals surface area contributed by atoms with Gasteiger partial charge in [0.15, 0.2) is 6.29 Å². The molecule has 0 spiro atoms. The van der Waals surface area contributed by atoms with Gasteiger partial charge in [-0.3, -0.25) is 9.05 Å². The molecule has 1 aliphatic heterocycles. The molecule has 2 unspecified atom stereocenters. The molecule has 2 atom stereocenters. The van der Waals surface area contributed by atoms with Crippen LogP contribution >= 0.6 is 8.25 Å². The lowest BCUT2D eigenvalue weighted by atomic mass is 10.4. The fourth-order valence-electron chi connectivity index (χ4n) is 0.779.